The molecule has 0 radical (unpaired) electrons. The normalized spacial score (nSPS) is 20.6. The van der Waals surface area contributed by atoms with Crippen molar-refractivity contribution in [2.45, 2.75) is 38.7 Å². The van der Waals surface area contributed by atoms with E-state index in [0.29, 0.717) is 18.7 Å². The van der Waals surface area contributed by atoms with Crippen molar-refractivity contribution < 1.29 is 17.9 Å². The van der Waals surface area contributed by atoms with Crippen LogP contribution in [0, 0.1) is 0 Å². The molecular weight excluding hydrogens is 333 g/mol. The molecule has 0 N–H and O–H groups in total. The molecule has 1 aliphatic heterocycles. The molecule has 25 heavy (non-hydrogen) atoms. The number of hydrogen-bond donors (Lipinski definition) is 0. The van der Waals surface area contributed by atoms with Crippen molar-refractivity contribution in [2.75, 3.05) is 18.0 Å². The van der Waals surface area contributed by atoms with Crippen molar-refractivity contribution in [3.8, 4) is 11.4 Å². The molecule has 134 valence electrons. The summed E-state index contributed by atoms with van der Waals surface area (Å²) in [6.45, 7) is 6.61. The lowest BCUT2D eigenvalue weighted by molar-refractivity contribution is -0.141. The van der Waals surface area contributed by atoms with Crippen molar-refractivity contribution in [1.29, 1.82) is 0 Å². The highest BCUT2D eigenvalue weighted by atomic mass is 19.4. The van der Waals surface area contributed by atoms with E-state index in [4.69, 9.17) is 4.74 Å². The van der Waals surface area contributed by atoms with Crippen LogP contribution in [0.5, 0.6) is 0 Å². The van der Waals surface area contributed by atoms with Gasteiger partial charge >= 0.3 is 6.18 Å². The van der Waals surface area contributed by atoms with E-state index >= 15 is 0 Å². The van der Waals surface area contributed by atoms with Crippen LogP contribution < -0.4 is 4.90 Å². The first-order chi connectivity index (χ1) is 11.6. The molecule has 0 bridgehead atoms. The monoisotopic (exact) mass is 352 g/mol. The molecule has 0 spiro atoms. The highest BCUT2D eigenvalue weighted by Crippen LogP contribution is 2.33. The zero-order valence-corrected chi connectivity index (χ0v) is 14.2. The van der Waals surface area contributed by atoms with Gasteiger partial charge in [-0.1, -0.05) is 0 Å². The number of nitrogens with zero attached hydrogens (tertiary/aromatic N) is 4. The van der Waals surface area contributed by atoms with Gasteiger partial charge in [0.05, 0.1) is 11.7 Å². The van der Waals surface area contributed by atoms with Crippen LogP contribution in [0.3, 0.4) is 0 Å². The summed E-state index contributed by atoms with van der Waals surface area (Å²) in [7, 11) is 0. The van der Waals surface area contributed by atoms with Gasteiger partial charge in [-0.15, -0.1) is 0 Å². The number of halogens is 3. The number of ether oxygens (including phenoxy) is 1. The first-order valence-corrected chi connectivity index (χ1v) is 7.93. The maximum Gasteiger partial charge on any atom is 0.433 e. The Morgan fingerprint density at radius 2 is 2.04 bits per heavy atom. The van der Waals surface area contributed by atoms with Crippen molar-refractivity contribution in [2.24, 2.45) is 0 Å². The average Bonchev–Trinajstić information content (AvgIpc) is 2.52. The minimum atomic E-state index is -4.55. The van der Waals surface area contributed by atoms with Crippen LogP contribution >= 0.6 is 0 Å². The summed E-state index contributed by atoms with van der Waals surface area (Å²) >= 11 is 0. The lowest BCUT2D eigenvalue weighted by Gasteiger charge is -2.42. The molecule has 2 aromatic rings. The van der Waals surface area contributed by atoms with E-state index < -0.39 is 17.5 Å². The van der Waals surface area contributed by atoms with E-state index in [0.717, 1.165) is 6.07 Å². The molecule has 2 aromatic heterocycles. The molecule has 3 rings (SSSR count). The summed E-state index contributed by atoms with van der Waals surface area (Å²) in [5.41, 5.74) is -1.00. The lowest BCUT2D eigenvalue weighted by Crippen LogP contribution is -2.52. The molecule has 0 saturated carbocycles. The summed E-state index contributed by atoms with van der Waals surface area (Å²) in [6.07, 6.45) is -1.67. The zero-order chi connectivity index (χ0) is 18.2. The SMILES string of the molecule is CC1CN(c2cc(C(F)(F)F)nc(-c3cccnc3)n2)CC(C)(C)O1. The lowest BCUT2D eigenvalue weighted by atomic mass is 10.1. The second-order valence-corrected chi connectivity index (χ2v) is 6.74. The van der Waals surface area contributed by atoms with Crippen LogP contribution in [-0.4, -0.2) is 39.7 Å². The third-order valence-corrected chi connectivity index (χ3v) is 3.82. The van der Waals surface area contributed by atoms with Gasteiger partial charge < -0.3 is 9.64 Å². The van der Waals surface area contributed by atoms with Crippen LogP contribution in [0.4, 0.5) is 19.0 Å². The maximum absolute atomic E-state index is 13.3. The molecule has 1 aliphatic rings. The van der Waals surface area contributed by atoms with E-state index in [-0.39, 0.29) is 17.7 Å². The first-order valence-electron chi connectivity index (χ1n) is 7.93. The van der Waals surface area contributed by atoms with Crippen LogP contribution in [0.15, 0.2) is 30.6 Å². The number of pyridine rings is 1. The van der Waals surface area contributed by atoms with E-state index in [9.17, 15) is 13.2 Å². The van der Waals surface area contributed by atoms with Crippen molar-refractivity contribution in [1.82, 2.24) is 15.0 Å². The summed E-state index contributed by atoms with van der Waals surface area (Å²) in [5.74, 6) is 0.249. The van der Waals surface area contributed by atoms with E-state index in [2.05, 4.69) is 15.0 Å². The number of hydrogen-bond acceptors (Lipinski definition) is 5. The average molecular weight is 352 g/mol. The van der Waals surface area contributed by atoms with Gasteiger partial charge in [-0.2, -0.15) is 13.2 Å². The molecule has 1 fully saturated rings. The molecule has 8 heteroatoms. The summed E-state index contributed by atoms with van der Waals surface area (Å²) < 4.78 is 45.8. The number of morpholine rings is 1. The Balaban J connectivity index is 2.07. The van der Waals surface area contributed by atoms with Gasteiger partial charge in [0.1, 0.15) is 5.82 Å². The Hall–Kier alpha value is -2.22. The molecule has 0 aliphatic carbocycles. The van der Waals surface area contributed by atoms with Crippen LogP contribution in [0.25, 0.3) is 11.4 Å². The summed E-state index contributed by atoms with van der Waals surface area (Å²) in [5, 5.41) is 0. The second-order valence-electron chi connectivity index (χ2n) is 6.74. The quantitative estimate of drug-likeness (QED) is 0.827. The maximum atomic E-state index is 13.3. The minimum Gasteiger partial charge on any atom is -0.369 e. The Morgan fingerprint density at radius 3 is 2.64 bits per heavy atom. The van der Waals surface area contributed by atoms with Crippen molar-refractivity contribution in [3.63, 3.8) is 0 Å². The van der Waals surface area contributed by atoms with Gasteiger partial charge in [-0.3, -0.25) is 4.98 Å². The molecule has 1 saturated heterocycles. The minimum absolute atomic E-state index is 0.00914. The van der Waals surface area contributed by atoms with E-state index in [1.807, 2.05) is 25.7 Å². The van der Waals surface area contributed by atoms with Crippen molar-refractivity contribution in [3.05, 3.63) is 36.3 Å². The fourth-order valence-corrected chi connectivity index (χ4v) is 2.99. The molecule has 5 nitrogen and oxygen atoms in total. The van der Waals surface area contributed by atoms with Gasteiger partial charge in [-0.05, 0) is 32.9 Å². The second kappa shape index (κ2) is 6.25. The number of anilines is 1. The Bertz CT molecular complexity index is 749. The smallest absolute Gasteiger partial charge is 0.369 e. The summed E-state index contributed by atoms with van der Waals surface area (Å²) in [6, 6.07) is 4.27. The Morgan fingerprint density at radius 1 is 1.28 bits per heavy atom. The van der Waals surface area contributed by atoms with Crippen molar-refractivity contribution >= 4 is 5.82 Å². The van der Waals surface area contributed by atoms with Gasteiger partial charge in [0, 0.05) is 37.1 Å². The largest absolute Gasteiger partial charge is 0.433 e. The fraction of sp³-hybridized carbons (Fsp3) is 0.471. The first kappa shape index (κ1) is 17.6. The Labute approximate surface area is 143 Å². The molecule has 1 atom stereocenters. The van der Waals surface area contributed by atoms with Crippen LogP contribution in [0.1, 0.15) is 26.5 Å². The predicted octanol–water partition coefficient (Wildman–Crippen LogP) is 3.56. The van der Waals surface area contributed by atoms with Gasteiger partial charge in [-0.25, -0.2) is 9.97 Å². The van der Waals surface area contributed by atoms with E-state index in [1.165, 1.54) is 6.20 Å². The van der Waals surface area contributed by atoms with Gasteiger partial charge in [0.25, 0.3) is 0 Å². The highest BCUT2D eigenvalue weighted by Gasteiger charge is 2.36. The highest BCUT2D eigenvalue weighted by molar-refractivity contribution is 5.57. The Kier molecular flexibility index (Phi) is 4.40. The summed E-state index contributed by atoms with van der Waals surface area (Å²) in [4.78, 5) is 13.8. The molecule has 0 aromatic carbocycles. The van der Waals surface area contributed by atoms with Crippen LogP contribution in [-0.2, 0) is 10.9 Å². The molecule has 3 heterocycles. The van der Waals surface area contributed by atoms with Gasteiger partial charge in [0.2, 0.25) is 0 Å². The van der Waals surface area contributed by atoms with E-state index in [1.54, 1.807) is 18.3 Å². The third-order valence-electron chi connectivity index (χ3n) is 3.82. The standard InChI is InChI=1S/C17H19F3N4O/c1-11-9-24(10-16(2,3)25-11)14-7-13(17(18,19)20)22-15(23-14)12-5-4-6-21-8-12/h4-8,11H,9-10H2,1-3H3. The third kappa shape index (κ3) is 4.07. The number of rotatable bonds is 2. The number of alkyl halides is 3. The molecular formula is C17H19F3N4O. The topological polar surface area (TPSA) is 51.1 Å². The molecule has 1 unspecified atom stereocenters. The number of aromatic nitrogens is 3. The fourth-order valence-electron chi connectivity index (χ4n) is 2.99. The predicted molar refractivity (Wildman–Crippen MR) is 87.1 cm³/mol. The van der Waals surface area contributed by atoms with Gasteiger partial charge in [0.15, 0.2) is 11.5 Å². The zero-order valence-electron chi connectivity index (χ0n) is 14.2. The van der Waals surface area contributed by atoms with Crippen LogP contribution in [0.2, 0.25) is 0 Å². The molecule has 0 amide bonds.